The van der Waals surface area contributed by atoms with E-state index in [2.05, 4.69) is 59.6 Å². The van der Waals surface area contributed by atoms with E-state index in [1.165, 1.54) is 0 Å². The van der Waals surface area contributed by atoms with Crippen LogP contribution in [0.5, 0.6) is 0 Å². The first-order chi connectivity index (χ1) is 23.3. The highest BCUT2D eigenvalue weighted by Crippen LogP contribution is 2.27. The van der Waals surface area contributed by atoms with Crippen molar-refractivity contribution in [2.24, 2.45) is 4.99 Å². The Labute approximate surface area is 521 Å². The maximum atomic E-state index is 11.8. The van der Waals surface area contributed by atoms with Crippen molar-refractivity contribution in [2.75, 3.05) is 39.5 Å². The molecule has 0 radical (unpaired) electrons. The van der Waals surface area contributed by atoms with Crippen molar-refractivity contribution in [3.05, 3.63) is 0 Å². The second-order valence-corrected chi connectivity index (χ2v) is 26.8. The zero-order valence-corrected chi connectivity index (χ0v) is 34.6. The number of rotatable bonds is 32. The van der Waals surface area contributed by atoms with E-state index in [1.54, 1.807) is 12.3 Å². The average molecular weight is 1230 g/mol. The van der Waals surface area contributed by atoms with E-state index in [1.807, 2.05) is 0 Å². The van der Waals surface area contributed by atoms with Crippen LogP contribution in [0.1, 0.15) is 326 Å². The summed E-state index contributed by atoms with van der Waals surface area (Å²) in [6.45, 7) is 16.6. The lowest BCUT2D eigenvalue weighted by Gasteiger charge is -2.39. The van der Waals surface area contributed by atoms with Crippen LogP contribution >= 0.6 is 0 Å². The lowest BCUT2D eigenvalue weighted by atomic mass is 10.2. The van der Waals surface area contributed by atoms with Crippen LogP contribution < -0.4 is 10.6 Å². The highest BCUT2D eigenvalue weighted by atomic mass is 28.5. The van der Waals surface area contributed by atoms with Crippen molar-refractivity contribution >= 4 is 43.5 Å². The van der Waals surface area contributed by atoms with E-state index in [0.29, 0.717) is 39.5 Å². The fourth-order valence-corrected chi connectivity index (χ4v) is 19.9. The minimum Gasteiger partial charge on any atom is -0.450 e. The summed E-state index contributed by atoms with van der Waals surface area (Å²) in [7, 11) is -5.97. The monoisotopic (exact) mass is 1230 g/mol. The van der Waals surface area contributed by atoms with Crippen LogP contribution in [0.2, 0.25) is 51.4 Å². The summed E-state index contributed by atoms with van der Waals surface area (Å²) in [4.78, 5) is 37.2. The first-order valence-corrected chi connectivity index (χ1v) is 27.6. The molecule has 0 unspecified atom stereocenters. The van der Waals surface area contributed by atoms with E-state index in [-0.39, 0.29) is 235 Å². The maximum Gasteiger partial charge on any atom is 0.407 e. The molecule has 15 heteroatoms. The third kappa shape index (κ3) is 154. The third-order valence-corrected chi connectivity index (χ3v) is 19.4. The van der Waals surface area contributed by atoms with Crippen molar-refractivity contribution in [3.8, 4) is 6.26 Å². The van der Waals surface area contributed by atoms with Gasteiger partial charge in [0.05, 0.1) is 19.8 Å². The van der Waals surface area contributed by atoms with Crippen LogP contribution in [-0.2, 0) is 27.2 Å². The molecule has 2 amide bonds. The van der Waals surface area contributed by atoms with Gasteiger partial charge in [0.1, 0.15) is 6.61 Å². The van der Waals surface area contributed by atoms with Gasteiger partial charge in [-0.2, -0.15) is 5.26 Å². The van der Waals surface area contributed by atoms with Gasteiger partial charge in [-0.1, -0.05) is 281 Å². The van der Waals surface area contributed by atoms with E-state index in [4.69, 9.17) is 23.0 Å². The second kappa shape index (κ2) is 136. The van der Waals surface area contributed by atoms with Crippen molar-refractivity contribution < 1.29 is 36.8 Å². The molecule has 0 aliphatic heterocycles. The zero-order valence-electron chi connectivity index (χ0n) is 31.6. The predicted molar refractivity (Wildman–Crippen MR) is 403 cm³/mol. The fourth-order valence-electron chi connectivity index (χ4n) is 5.69. The van der Waals surface area contributed by atoms with Crippen LogP contribution in [0, 0.1) is 11.5 Å². The van der Waals surface area contributed by atoms with Gasteiger partial charge in [0.25, 0.3) is 6.26 Å². The highest BCUT2D eigenvalue weighted by molar-refractivity contribution is 6.87. The van der Waals surface area contributed by atoms with Crippen LogP contribution in [0.25, 0.3) is 0 Å². The van der Waals surface area contributed by atoms with Gasteiger partial charge in [0.2, 0.25) is 6.08 Å². The van der Waals surface area contributed by atoms with Crippen molar-refractivity contribution in [2.45, 2.75) is 377 Å². The zero-order chi connectivity index (χ0) is 36.7. The minimum atomic E-state index is -2.25. The van der Waals surface area contributed by atoms with Gasteiger partial charge < -0.3 is 33.1 Å². The molecule has 2 N–H and O–H groups in total. The Hall–Kier alpha value is -2.22. The molecule has 0 saturated carbocycles. The Kier molecular flexibility index (Phi) is 363. The average Bonchev–Trinajstić information content (AvgIpc) is 3.01. The first kappa shape index (κ1) is 210. The molecule has 0 saturated heterocycles. The quantitative estimate of drug-likeness (QED) is 0.0220. The smallest absolute Gasteiger partial charge is 0.407 e. The van der Waals surface area contributed by atoms with Crippen LogP contribution in [0.15, 0.2) is 4.99 Å². The minimum absolute atomic E-state index is 0. The highest BCUT2D eigenvalue weighted by Gasteiger charge is 2.39. The van der Waals surface area contributed by atoms with E-state index >= 15 is 0 Å². The SMILES string of the molecule is C.C.C.C.C.C.C.C.C.C.C.C.C.C.C.C.C.C.C.C.C.C.C.C.C.C.C.C.C.C.C[Si](C)(CCCCCCOC(=O)NCCCCCCN=C=O)O[Si](C)(C)O[Si](C)(C)CCCCCCOC(=O)NCCCCCCOC#N. The molecular formula is C64H188N4O8Si3. The summed E-state index contributed by atoms with van der Waals surface area (Å²) in [6.07, 6.45) is 18.1. The number of hydrogen-bond donors (Lipinski definition) is 2. The van der Waals surface area contributed by atoms with Crippen LogP contribution in [0.4, 0.5) is 9.59 Å². The second-order valence-electron chi connectivity index (χ2n) is 14.3. The van der Waals surface area contributed by atoms with Crippen molar-refractivity contribution in [3.63, 3.8) is 0 Å². The number of carbonyl (C=O) groups excluding carboxylic acids is 3. The van der Waals surface area contributed by atoms with Crippen molar-refractivity contribution in [1.29, 1.82) is 5.26 Å². The van der Waals surface area contributed by atoms with E-state index < -0.39 is 25.2 Å². The van der Waals surface area contributed by atoms with Crippen molar-refractivity contribution in [1.82, 2.24) is 10.6 Å². The lowest BCUT2D eigenvalue weighted by molar-refractivity contribution is 0.143. The Bertz CT molecular complexity index is 972. The molecule has 0 aromatic rings. The Morgan fingerprint density at radius 3 is 0.911 bits per heavy atom. The number of nitriles is 1. The van der Waals surface area contributed by atoms with E-state index in [9.17, 15) is 14.4 Å². The number of unbranched alkanes of at least 4 members (excludes halogenated alkanes) is 12. The maximum absolute atomic E-state index is 11.8. The van der Waals surface area contributed by atoms with Crippen LogP contribution in [0.3, 0.4) is 0 Å². The van der Waals surface area contributed by atoms with E-state index in [0.717, 1.165) is 115 Å². The molecule has 0 aliphatic rings. The van der Waals surface area contributed by atoms with Crippen LogP contribution in [-0.4, -0.2) is 82.9 Å². The van der Waals surface area contributed by atoms with Gasteiger partial charge in [-0.15, -0.1) is 0 Å². The number of ether oxygens (including phenoxy) is 3. The number of isocyanates is 1. The summed E-state index contributed by atoms with van der Waals surface area (Å²) >= 11 is 0. The van der Waals surface area contributed by atoms with Gasteiger partial charge in [-0.3, -0.25) is 0 Å². The Morgan fingerprint density at radius 1 is 0.380 bits per heavy atom. The number of nitrogens with zero attached hydrogens (tertiary/aromatic N) is 2. The fraction of sp³-hybridized carbons (Fsp3) is 0.938. The molecule has 0 spiro atoms. The summed E-state index contributed by atoms with van der Waals surface area (Å²) < 4.78 is 28.8. The van der Waals surface area contributed by atoms with Gasteiger partial charge in [0, 0.05) is 13.1 Å². The van der Waals surface area contributed by atoms with Gasteiger partial charge in [-0.05, 0) is 96.3 Å². The molecule has 0 bridgehead atoms. The Morgan fingerprint density at radius 2 is 0.633 bits per heavy atom. The summed E-state index contributed by atoms with van der Waals surface area (Å²) in [5.41, 5.74) is 0. The summed E-state index contributed by atoms with van der Waals surface area (Å²) in [5.74, 6) is 0. The predicted octanol–water partition coefficient (Wildman–Crippen LogP) is 27.7. The molecule has 0 heterocycles. The number of hydrogen-bond acceptors (Lipinski definition) is 10. The standard InChI is InChI=1S/C34H68N4O8Si3.30CH4/c1-47(2,29-21-13-11-19-27-43-33(40)37-24-16-8-7-15-23-36-32-39)45-49(5,6)46-48(3,4)30-22-14-12-20-28-44-34(41)38-25-17-9-10-18-26-42-31-35;;;;;;;;;;;;;;;;;;;;;;;;;;;;;;/h7-30H2,1-6H3,(H,37,40)(H,38,41);30*1H4. The molecule has 0 aromatic heterocycles. The molecule has 12 nitrogen and oxygen atoms in total. The number of aliphatic imine (C=N–C) groups is 1. The van der Waals surface area contributed by atoms with Gasteiger partial charge in [0.15, 0.2) is 16.6 Å². The summed E-state index contributed by atoms with van der Waals surface area (Å²) in [5, 5.41) is 13.9. The molecule has 79 heavy (non-hydrogen) atoms. The number of alkyl carbamates (subject to hydrolysis) is 2. The number of nitrogens with one attached hydrogen (secondary N) is 2. The summed E-state index contributed by atoms with van der Waals surface area (Å²) in [6, 6.07) is 2.19. The van der Waals surface area contributed by atoms with Gasteiger partial charge >= 0.3 is 20.7 Å². The number of carbonyl (C=O) groups is 2. The molecule has 0 rings (SSSR count). The number of amides is 2. The lowest BCUT2D eigenvalue weighted by Crippen LogP contribution is -2.52. The molecule has 0 atom stereocenters. The molecular weight excluding hydrogens is 1040 g/mol. The first-order valence-electron chi connectivity index (χ1n) is 18.6. The normalized spacial score (nSPS) is 7.25. The Balaban J connectivity index is -0.0000000265. The topological polar surface area (TPSA) is 158 Å². The molecule has 0 aromatic carbocycles. The molecule has 0 aliphatic carbocycles. The molecule has 524 valence electrons. The third-order valence-electron chi connectivity index (χ3n) is 7.89. The largest absolute Gasteiger partial charge is 0.450 e. The van der Waals surface area contributed by atoms with Gasteiger partial charge in [-0.25, -0.2) is 19.4 Å². The molecule has 0 fully saturated rings.